The third-order valence-corrected chi connectivity index (χ3v) is 9.00. The van der Waals surface area contributed by atoms with Crippen LogP contribution in [0.4, 0.5) is 5.82 Å². The van der Waals surface area contributed by atoms with Crippen LogP contribution in [-0.4, -0.2) is 80.8 Å². The maximum absolute atomic E-state index is 11.9. The standard InChI is InChI=1S/C25H36N8O2S.C6H6/c1-17(26)24(30(2)27)19-14-21-23(28-15-19)20-4-5-22(31-8-10-32(11-9-31)36(3)34)29-25(20)33(21)16-18-6-12-35-13-7-18;1-2-4-6-5-3-1/h4-5,14-15,18H,6-13,16,26-27H2,1-3H3;1-6H/b24-17-;. The fraction of sp³-hybridized carbons (Fsp3) is 0.419. The molecule has 0 spiro atoms. The average Bonchev–Trinajstić information content (AvgIpc) is 3.30. The Kier molecular flexibility index (Phi) is 9.73. The highest BCUT2D eigenvalue weighted by Gasteiger charge is 2.24. The normalized spacial score (nSPS) is 18.0. The van der Waals surface area contributed by atoms with E-state index in [1.165, 1.54) is 0 Å². The van der Waals surface area contributed by atoms with E-state index in [4.69, 9.17) is 26.3 Å². The lowest BCUT2D eigenvalue weighted by Gasteiger charge is -2.33. The highest BCUT2D eigenvalue weighted by molar-refractivity contribution is 7.81. The van der Waals surface area contributed by atoms with E-state index < -0.39 is 11.0 Å². The summed E-state index contributed by atoms with van der Waals surface area (Å²) in [5.74, 6) is 7.57. The van der Waals surface area contributed by atoms with Crippen LogP contribution in [0.2, 0.25) is 0 Å². The van der Waals surface area contributed by atoms with Gasteiger partial charge < -0.3 is 24.9 Å². The maximum atomic E-state index is 11.9. The molecule has 42 heavy (non-hydrogen) atoms. The summed E-state index contributed by atoms with van der Waals surface area (Å²) in [5.41, 5.74) is 11.4. The number of nitrogens with zero attached hydrogens (tertiary/aromatic N) is 6. The van der Waals surface area contributed by atoms with Gasteiger partial charge in [0, 0.05) is 82.1 Å². The number of benzene rings is 1. The zero-order valence-electron chi connectivity index (χ0n) is 24.8. The summed E-state index contributed by atoms with van der Waals surface area (Å²) in [6.07, 6.45) is 5.64. The first-order valence-corrected chi connectivity index (χ1v) is 16.0. The number of anilines is 1. The van der Waals surface area contributed by atoms with Gasteiger partial charge in [0.1, 0.15) is 11.5 Å². The highest BCUT2D eigenvalue weighted by atomic mass is 32.2. The number of aromatic nitrogens is 3. The van der Waals surface area contributed by atoms with Gasteiger partial charge in [-0.15, -0.1) is 0 Å². The van der Waals surface area contributed by atoms with Crippen molar-refractivity contribution in [3.8, 4) is 0 Å². The molecule has 10 nitrogen and oxygen atoms in total. The van der Waals surface area contributed by atoms with Crippen molar-refractivity contribution in [2.75, 3.05) is 57.6 Å². The molecule has 4 aromatic rings. The Balaban J connectivity index is 0.000000524. The summed E-state index contributed by atoms with van der Waals surface area (Å²) in [6.45, 7) is 7.42. The molecule has 2 aliphatic rings. The van der Waals surface area contributed by atoms with Gasteiger partial charge in [0.05, 0.1) is 27.7 Å². The molecular weight excluding hydrogens is 548 g/mol. The van der Waals surface area contributed by atoms with Crippen molar-refractivity contribution >= 4 is 44.6 Å². The van der Waals surface area contributed by atoms with Crippen LogP contribution >= 0.6 is 0 Å². The minimum absolute atomic E-state index is 0.512. The van der Waals surface area contributed by atoms with Crippen LogP contribution in [0, 0.1) is 5.92 Å². The molecule has 0 saturated carbocycles. The van der Waals surface area contributed by atoms with E-state index in [0.717, 1.165) is 97.9 Å². The molecular formula is C31H42N8O2S. The SMILES string of the molecule is C/C(N)=C(\c1cnc2c3ccc(N4CCN(S(C)=O)CC4)nc3n(CC3CCOCC3)c2c1)N(C)N.c1ccccc1. The van der Waals surface area contributed by atoms with Gasteiger partial charge in [0.25, 0.3) is 0 Å². The molecule has 0 bridgehead atoms. The highest BCUT2D eigenvalue weighted by Crippen LogP contribution is 2.33. The van der Waals surface area contributed by atoms with Crippen molar-refractivity contribution in [1.29, 1.82) is 0 Å². The second-order valence-corrected chi connectivity index (χ2v) is 12.3. The number of hydrogen-bond acceptors (Lipinski definition) is 8. The molecule has 0 amide bonds. The quantitative estimate of drug-likeness (QED) is 0.259. The fourth-order valence-corrected chi connectivity index (χ4v) is 6.43. The Morgan fingerprint density at radius 1 is 1.07 bits per heavy atom. The molecule has 5 heterocycles. The van der Waals surface area contributed by atoms with Crippen molar-refractivity contribution in [3.63, 3.8) is 0 Å². The molecule has 224 valence electrons. The van der Waals surface area contributed by atoms with Crippen molar-refractivity contribution in [1.82, 2.24) is 23.8 Å². The number of fused-ring (bicyclic) bond motifs is 3. The van der Waals surface area contributed by atoms with Crippen molar-refractivity contribution in [2.45, 2.75) is 26.3 Å². The Hall–Kier alpha value is -3.51. The van der Waals surface area contributed by atoms with Crippen LogP contribution in [0.5, 0.6) is 0 Å². The number of nitrogens with two attached hydrogens (primary N) is 2. The van der Waals surface area contributed by atoms with Crippen molar-refractivity contribution in [3.05, 3.63) is 72.1 Å². The molecule has 1 aromatic carbocycles. The average molecular weight is 591 g/mol. The zero-order chi connectivity index (χ0) is 29.6. The number of allylic oxidation sites excluding steroid dienone is 1. The Morgan fingerprint density at radius 2 is 1.71 bits per heavy atom. The second-order valence-electron chi connectivity index (χ2n) is 10.9. The van der Waals surface area contributed by atoms with E-state index in [1.807, 2.05) is 53.8 Å². The lowest BCUT2D eigenvalue weighted by atomic mass is 10.0. The van der Waals surface area contributed by atoms with Gasteiger partial charge in [-0.1, -0.05) is 36.4 Å². The molecule has 6 rings (SSSR count). The van der Waals surface area contributed by atoms with Gasteiger partial charge in [0.15, 0.2) is 0 Å². The summed E-state index contributed by atoms with van der Waals surface area (Å²) < 4.78 is 21.8. The monoisotopic (exact) mass is 590 g/mol. The van der Waals surface area contributed by atoms with E-state index >= 15 is 0 Å². The minimum Gasteiger partial charge on any atom is -0.401 e. The summed E-state index contributed by atoms with van der Waals surface area (Å²) in [4.78, 5) is 12.3. The number of ether oxygens (including phenoxy) is 1. The van der Waals surface area contributed by atoms with Gasteiger partial charge in [-0.05, 0) is 43.9 Å². The first kappa shape index (κ1) is 30.0. The molecule has 1 unspecified atom stereocenters. The molecule has 0 radical (unpaired) electrons. The van der Waals surface area contributed by atoms with Gasteiger partial charge in [-0.3, -0.25) is 4.98 Å². The van der Waals surface area contributed by atoms with Crippen molar-refractivity contribution < 1.29 is 8.95 Å². The molecule has 1 atom stereocenters. The zero-order valence-corrected chi connectivity index (χ0v) is 25.6. The van der Waals surface area contributed by atoms with E-state index in [2.05, 4.69) is 27.7 Å². The second kappa shape index (κ2) is 13.6. The maximum Gasteiger partial charge on any atom is 0.145 e. The van der Waals surface area contributed by atoms with E-state index in [0.29, 0.717) is 11.6 Å². The van der Waals surface area contributed by atoms with Crippen LogP contribution in [0.15, 0.2) is 66.5 Å². The number of rotatable bonds is 6. The van der Waals surface area contributed by atoms with Crippen LogP contribution in [0.3, 0.4) is 0 Å². The summed E-state index contributed by atoms with van der Waals surface area (Å²) in [6, 6.07) is 18.3. The number of hydrazine groups is 1. The molecule has 3 aromatic heterocycles. The third kappa shape index (κ3) is 6.75. The van der Waals surface area contributed by atoms with E-state index in [9.17, 15) is 4.21 Å². The lowest BCUT2D eigenvalue weighted by molar-refractivity contribution is 0.0619. The van der Waals surface area contributed by atoms with Crippen LogP contribution < -0.4 is 16.5 Å². The summed E-state index contributed by atoms with van der Waals surface area (Å²) in [5, 5.41) is 2.58. The number of hydrogen-bond donors (Lipinski definition) is 2. The predicted octanol–water partition coefficient (Wildman–Crippen LogP) is 3.57. The Morgan fingerprint density at radius 3 is 2.29 bits per heavy atom. The largest absolute Gasteiger partial charge is 0.401 e. The summed E-state index contributed by atoms with van der Waals surface area (Å²) >= 11 is 0. The number of pyridine rings is 2. The molecule has 2 fully saturated rings. The topological polar surface area (TPSA) is 119 Å². The van der Waals surface area contributed by atoms with Crippen LogP contribution in [-0.2, 0) is 22.3 Å². The molecule has 2 saturated heterocycles. The number of piperazine rings is 1. The summed E-state index contributed by atoms with van der Waals surface area (Å²) in [7, 11) is 0.848. The van der Waals surface area contributed by atoms with Crippen LogP contribution in [0.25, 0.3) is 27.8 Å². The fourth-order valence-electron chi connectivity index (χ4n) is 5.76. The Labute approximate surface area is 250 Å². The third-order valence-electron chi connectivity index (χ3n) is 7.90. The van der Waals surface area contributed by atoms with Gasteiger partial charge >= 0.3 is 0 Å². The first-order chi connectivity index (χ1) is 20.3. The van der Waals surface area contributed by atoms with E-state index in [-0.39, 0.29) is 0 Å². The molecule has 11 heteroatoms. The Bertz CT molecular complexity index is 1510. The predicted molar refractivity (Wildman–Crippen MR) is 172 cm³/mol. The molecule has 4 N–H and O–H groups in total. The van der Waals surface area contributed by atoms with Gasteiger partial charge in [-0.25, -0.2) is 19.3 Å². The minimum atomic E-state index is -0.939. The van der Waals surface area contributed by atoms with E-state index in [1.54, 1.807) is 18.3 Å². The van der Waals surface area contributed by atoms with Crippen LogP contribution in [0.1, 0.15) is 25.3 Å². The molecule has 0 aliphatic carbocycles. The first-order valence-electron chi connectivity index (χ1n) is 14.5. The molecule has 2 aliphatic heterocycles. The lowest BCUT2D eigenvalue weighted by Crippen LogP contribution is -2.47. The van der Waals surface area contributed by atoms with Gasteiger partial charge in [-0.2, -0.15) is 0 Å². The van der Waals surface area contributed by atoms with Crippen molar-refractivity contribution in [2.24, 2.45) is 17.5 Å². The van der Waals surface area contributed by atoms with Gasteiger partial charge in [0.2, 0.25) is 0 Å². The smallest absolute Gasteiger partial charge is 0.145 e.